The van der Waals surface area contributed by atoms with Crippen molar-refractivity contribution in [2.24, 2.45) is 5.92 Å². The second-order valence-electron chi connectivity index (χ2n) is 7.89. The topological polar surface area (TPSA) is 77.1 Å². The number of nitrogens with zero attached hydrogens (tertiary/aromatic N) is 1. The number of halogens is 1. The highest BCUT2D eigenvalue weighted by Crippen LogP contribution is 2.38. The first-order valence-electron chi connectivity index (χ1n) is 11.0. The van der Waals surface area contributed by atoms with Crippen molar-refractivity contribution in [1.29, 1.82) is 0 Å². The molecule has 0 spiro atoms. The van der Waals surface area contributed by atoms with Gasteiger partial charge in [-0.1, -0.05) is 29.8 Å². The standard InChI is InChI=1S/C24H27ClN2O5/c25-19-15-21-22(32-13-4-12-31-21)16-20(19)26-24(29)17-7-10-27(11-8-17)23(28)9-14-30-18-5-2-1-3-6-18/h1-3,5-6,15-17H,4,7-14H2,(H,26,29). The molecule has 0 saturated carbocycles. The lowest BCUT2D eigenvalue weighted by Gasteiger charge is -2.31. The molecule has 2 aromatic carbocycles. The minimum absolute atomic E-state index is 0.0470. The summed E-state index contributed by atoms with van der Waals surface area (Å²) in [6.07, 6.45) is 2.33. The third-order valence-electron chi connectivity index (χ3n) is 5.64. The molecular formula is C24H27ClN2O5. The van der Waals surface area contributed by atoms with Gasteiger partial charge in [-0.3, -0.25) is 9.59 Å². The van der Waals surface area contributed by atoms with Gasteiger partial charge in [0, 0.05) is 37.6 Å². The number of carbonyl (C=O) groups excluding carboxylic acids is 2. The van der Waals surface area contributed by atoms with E-state index in [1.54, 1.807) is 17.0 Å². The maximum Gasteiger partial charge on any atom is 0.227 e. The molecule has 4 rings (SSSR count). The third kappa shape index (κ3) is 5.65. The van der Waals surface area contributed by atoms with Crippen LogP contribution in [-0.2, 0) is 9.59 Å². The van der Waals surface area contributed by atoms with Gasteiger partial charge >= 0.3 is 0 Å². The van der Waals surface area contributed by atoms with E-state index in [0.29, 0.717) is 74.4 Å². The van der Waals surface area contributed by atoms with Crippen LogP contribution in [0.1, 0.15) is 25.7 Å². The number of fused-ring (bicyclic) bond motifs is 1. The van der Waals surface area contributed by atoms with Crippen molar-refractivity contribution in [3.05, 3.63) is 47.5 Å². The van der Waals surface area contributed by atoms with Gasteiger partial charge in [0.15, 0.2) is 11.5 Å². The van der Waals surface area contributed by atoms with Gasteiger partial charge in [-0.15, -0.1) is 0 Å². The van der Waals surface area contributed by atoms with Gasteiger partial charge in [0.1, 0.15) is 5.75 Å². The number of anilines is 1. The maximum atomic E-state index is 12.8. The Labute approximate surface area is 192 Å². The Morgan fingerprint density at radius 1 is 1.06 bits per heavy atom. The average Bonchev–Trinajstić information content (AvgIpc) is 3.05. The van der Waals surface area contributed by atoms with Gasteiger partial charge in [-0.2, -0.15) is 0 Å². The van der Waals surface area contributed by atoms with E-state index in [1.165, 1.54) is 0 Å². The Morgan fingerprint density at radius 2 is 1.75 bits per heavy atom. The molecule has 2 aliphatic heterocycles. The first kappa shape index (κ1) is 22.3. The van der Waals surface area contributed by atoms with Crippen molar-refractivity contribution >= 4 is 29.1 Å². The molecule has 8 heteroatoms. The van der Waals surface area contributed by atoms with Crippen LogP contribution in [0.4, 0.5) is 5.69 Å². The monoisotopic (exact) mass is 458 g/mol. The number of nitrogens with one attached hydrogen (secondary N) is 1. The number of likely N-dealkylation sites (tertiary alicyclic amines) is 1. The Hall–Kier alpha value is -2.93. The predicted octanol–water partition coefficient (Wildman–Crippen LogP) is 4.15. The van der Waals surface area contributed by atoms with Crippen LogP contribution in [0.2, 0.25) is 5.02 Å². The summed E-state index contributed by atoms with van der Waals surface area (Å²) in [5.74, 6) is 1.70. The average molecular weight is 459 g/mol. The van der Waals surface area contributed by atoms with Crippen molar-refractivity contribution in [3.63, 3.8) is 0 Å². The quantitative estimate of drug-likeness (QED) is 0.703. The molecule has 170 valence electrons. The van der Waals surface area contributed by atoms with E-state index in [0.717, 1.165) is 12.2 Å². The molecule has 1 fully saturated rings. The molecule has 0 bridgehead atoms. The van der Waals surface area contributed by atoms with Crippen LogP contribution in [0, 0.1) is 5.92 Å². The molecule has 2 aromatic rings. The summed E-state index contributed by atoms with van der Waals surface area (Å²) in [5.41, 5.74) is 0.512. The van der Waals surface area contributed by atoms with E-state index in [2.05, 4.69) is 5.32 Å². The van der Waals surface area contributed by atoms with Gasteiger partial charge < -0.3 is 24.4 Å². The van der Waals surface area contributed by atoms with Gasteiger partial charge in [-0.05, 0) is 25.0 Å². The molecule has 0 radical (unpaired) electrons. The summed E-state index contributed by atoms with van der Waals surface area (Å²) in [6.45, 7) is 2.58. The van der Waals surface area contributed by atoms with Crippen LogP contribution in [-0.4, -0.2) is 49.6 Å². The van der Waals surface area contributed by atoms with Gasteiger partial charge in [-0.25, -0.2) is 0 Å². The number of ether oxygens (including phenoxy) is 3. The summed E-state index contributed by atoms with van der Waals surface area (Å²) in [7, 11) is 0. The second-order valence-corrected chi connectivity index (χ2v) is 8.29. The number of hydrogen-bond acceptors (Lipinski definition) is 5. The molecule has 0 aromatic heterocycles. The van der Waals surface area contributed by atoms with Crippen LogP contribution < -0.4 is 19.5 Å². The highest BCUT2D eigenvalue weighted by Gasteiger charge is 2.28. The molecule has 32 heavy (non-hydrogen) atoms. The van der Waals surface area contributed by atoms with Crippen LogP contribution in [0.15, 0.2) is 42.5 Å². The summed E-state index contributed by atoms with van der Waals surface area (Å²) in [5, 5.41) is 3.33. The molecule has 0 unspecified atom stereocenters. The summed E-state index contributed by atoms with van der Waals surface area (Å²) < 4.78 is 16.9. The zero-order valence-electron chi connectivity index (χ0n) is 17.8. The van der Waals surface area contributed by atoms with Crippen LogP contribution in [0.5, 0.6) is 17.2 Å². The maximum absolute atomic E-state index is 12.8. The fraction of sp³-hybridized carbons (Fsp3) is 0.417. The van der Waals surface area contributed by atoms with E-state index in [1.807, 2.05) is 30.3 Å². The van der Waals surface area contributed by atoms with E-state index in [9.17, 15) is 9.59 Å². The molecule has 7 nitrogen and oxygen atoms in total. The first-order chi connectivity index (χ1) is 15.6. The van der Waals surface area contributed by atoms with Crippen molar-refractivity contribution in [1.82, 2.24) is 4.90 Å². The Bertz CT molecular complexity index is 945. The number of rotatable bonds is 6. The van der Waals surface area contributed by atoms with E-state index in [4.69, 9.17) is 25.8 Å². The second kappa shape index (κ2) is 10.6. The first-order valence-corrected chi connectivity index (χ1v) is 11.3. The Kier molecular flexibility index (Phi) is 7.37. The molecule has 1 N–H and O–H groups in total. The van der Waals surface area contributed by atoms with E-state index >= 15 is 0 Å². The highest BCUT2D eigenvalue weighted by molar-refractivity contribution is 6.34. The lowest BCUT2D eigenvalue weighted by atomic mass is 9.95. The minimum Gasteiger partial charge on any atom is -0.493 e. The number of carbonyl (C=O) groups is 2. The highest BCUT2D eigenvalue weighted by atomic mass is 35.5. The van der Waals surface area contributed by atoms with Crippen molar-refractivity contribution in [3.8, 4) is 17.2 Å². The summed E-state index contributed by atoms with van der Waals surface area (Å²) >= 11 is 6.34. The molecule has 2 aliphatic rings. The van der Waals surface area contributed by atoms with E-state index in [-0.39, 0.29) is 17.7 Å². The fourth-order valence-corrected chi connectivity index (χ4v) is 4.04. The smallest absolute Gasteiger partial charge is 0.227 e. The molecule has 0 aliphatic carbocycles. The lowest BCUT2D eigenvalue weighted by Crippen LogP contribution is -2.41. The molecular weight excluding hydrogens is 432 g/mol. The van der Waals surface area contributed by atoms with Crippen LogP contribution >= 0.6 is 11.6 Å². The zero-order valence-corrected chi connectivity index (χ0v) is 18.6. The molecule has 0 atom stereocenters. The predicted molar refractivity (Wildman–Crippen MR) is 122 cm³/mol. The number of amides is 2. The minimum atomic E-state index is -0.174. The van der Waals surface area contributed by atoms with Crippen molar-refractivity contribution < 1.29 is 23.8 Å². The van der Waals surface area contributed by atoms with Crippen molar-refractivity contribution in [2.75, 3.05) is 38.2 Å². The Morgan fingerprint density at radius 3 is 2.47 bits per heavy atom. The van der Waals surface area contributed by atoms with Crippen LogP contribution in [0.3, 0.4) is 0 Å². The van der Waals surface area contributed by atoms with Crippen LogP contribution in [0.25, 0.3) is 0 Å². The number of piperidine rings is 1. The van der Waals surface area contributed by atoms with E-state index < -0.39 is 0 Å². The summed E-state index contributed by atoms with van der Waals surface area (Å²) in [6, 6.07) is 12.8. The molecule has 2 heterocycles. The summed E-state index contributed by atoms with van der Waals surface area (Å²) in [4.78, 5) is 27.1. The number of benzene rings is 2. The Balaban J connectivity index is 1.25. The van der Waals surface area contributed by atoms with Gasteiger partial charge in [0.2, 0.25) is 11.8 Å². The SMILES string of the molecule is O=C(Nc1cc2c(cc1Cl)OCCCO2)C1CCN(C(=O)CCOc2ccccc2)CC1. The third-order valence-corrected chi connectivity index (χ3v) is 5.95. The fourth-order valence-electron chi connectivity index (χ4n) is 3.84. The van der Waals surface area contributed by atoms with Gasteiger partial charge in [0.25, 0.3) is 0 Å². The van der Waals surface area contributed by atoms with Crippen molar-refractivity contribution in [2.45, 2.75) is 25.7 Å². The number of hydrogen-bond donors (Lipinski definition) is 1. The largest absolute Gasteiger partial charge is 0.493 e. The molecule has 2 amide bonds. The zero-order chi connectivity index (χ0) is 22.3. The normalized spacial score (nSPS) is 16.2. The number of para-hydroxylation sites is 1. The lowest BCUT2D eigenvalue weighted by molar-refractivity contribution is -0.135. The molecule has 1 saturated heterocycles. The van der Waals surface area contributed by atoms with Gasteiger partial charge in [0.05, 0.1) is 37.0 Å².